The first kappa shape index (κ1) is 28.7. The van der Waals surface area contributed by atoms with Gasteiger partial charge in [0.1, 0.15) is 11.9 Å². The molecular formula is C25H20F6N4O4S. The van der Waals surface area contributed by atoms with E-state index in [0.717, 1.165) is 17.2 Å². The number of carbonyl (C=O) groups excluding carboxylic acids is 2. The molecule has 1 heterocycles. The molecule has 3 aromatic carbocycles. The molecule has 40 heavy (non-hydrogen) atoms. The van der Waals surface area contributed by atoms with Crippen LogP contribution in [-0.2, 0) is 21.0 Å². The number of rotatable bonds is 6. The van der Waals surface area contributed by atoms with E-state index in [1.54, 1.807) is 0 Å². The molecule has 1 aliphatic rings. The molecular weight excluding hydrogens is 566 g/mol. The summed E-state index contributed by atoms with van der Waals surface area (Å²) in [5, 5.41) is 4.25. The highest BCUT2D eigenvalue weighted by molar-refractivity contribution is 7.92. The van der Waals surface area contributed by atoms with E-state index in [1.165, 1.54) is 30.3 Å². The zero-order chi connectivity index (χ0) is 29.4. The van der Waals surface area contributed by atoms with Crippen LogP contribution in [0.15, 0.2) is 54.6 Å². The van der Waals surface area contributed by atoms with Crippen molar-refractivity contribution in [2.24, 2.45) is 0 Å². The minimum Gasteiger partial charge on any atom is -0.326 e. The zero-order valence-corrected chi connectivity index (χ0v) is 21.3. The molecule has 0 bridgehead atoms. The summed E-state index contributed by atoms with van der Waals surface area (Å²) in [7, 11) is -3.73. The highest BCUT2D eigenvalue weighted by atomic mass is 32.2. The van der Waals surface area contributed by atoms with Crippen LogP contribution in [0.25, 0.3) is 11.1 Å². The van der Waals surface area contributed by atoms with Gasteiger partial charge in [-0.3, -0.25) is 9.52 Å². The lowest BCUT2D eigenvalue weighted by Gasteiger charge is -2.20. The lowest BCUT2D eigenvalue weighted by atomic mass is 10.0. The van der Waals surface area contributed by atoms with Crippen LogP contribution in [0.2, 0.25) is 0 Å². The van der Waals surface area contributed by atoms with Crippen LogP contribution in [-0.4, -0.2) is 39.2 Å². The molecule has 1 fully saturated rings. The molecule has 0 saturated carbocycles. The molecule has 3 amide bonds. The number of urea groups is 1. The van der Waals surface area contributed by atoms with Gasteiger partial charge in [-0.2, -0.15) is 13.2 Å². The Kier molecular flexibility index (Phi) is 7.70. The number of amides is 3. The molecule has 4 rings (SSSR count). The Morgan fingerprint density at radius 2 is 1.65 bits per heavy atom. The second-order valence-electron chi connectivity index (χ2n) is 8.80. The van der Waals surface area contributed by atoms with Crippen LogP contribution in [0.1, 0.15) is 12.0 Å². The molecule has 0 spiro atoms. The van der Waals surface area contributed by atoms with Gasteiger partial charge in [-0.15, -0.1) is 0 Å². The molecule has 0 unspecified atom stereocenters. The fourth-order valence-corrected chi connectivity index (χ4v) is 4.70. The lowest BCUT2D eigenvalue weighted by Crippen LogP contribution is -2.43. The number of benzene rings is 3. The van der Waals surface area contributed by atoms with E-state index < -0.39 is 68.6 Å². The van der Waals surface area contributed by atoms with Crippen LogP contribution in [0.5, 0.6) is 0 Å². The molecule has 8 nitrogen and oxygen atoms in total. The Hall–Kier alpha value is -4.27. The summed E-state index contributed by atoms with van der Waals surface area (Å²) in [5.74, 6) is -4.90. The third kappa shape index (κ3) is 6.14. The molecule has 212 valence electrons. The van der Waals surface area contributed by atoms with Gasteiger partial charge in [0.2, 0.25) is 15.9 Å². The second-order valence-corrected chi connectivity index (χ2v) is 10.6. The number of nitrogens with zero attached hydrogens (tertiary/aromatic N) is 1. The Labute approximate surface area is 224 Å². The average Bonchev–Trinajstić information content (AvgIpc) is 3.20. The van der Waals surface area contributed by atoms with Gasteiger partial charge in [0.25, 0.3) is 0 Å². The number of sulfonamides is 1. The summed E-state index contributed by atoms with van der Waals surface area (Å²) in [5.41, 5.74) is -2.47. The van der Waals surface area contributed by atoms with Gasteiger partial charge in [0, 0.05) is 17.7 Å². The number of anilines is 3. The molecule has 1 aliphatic heterocycles. The summed E-state index contributed by atoms with van der Waals surface area (Å²) in [6.07, 6.45) is -3.93. The van der Waals surface area contributed by atoms with Crippen LogP contribution < -0.4 is 20.3 Å². The van der Waals surface area contributed by atoms with Crippen molar-refractivity contribution in [2.75, 3.05) is 27.7 Å². The minimum atomic E-state index is -4.79. The van der Waals surface area contributed by atoms with E-state index in [1.807, 2.05) is 5.32 Å². The van der Waals surface area contributed by atoms with Gasteiger partial charge >= 0.3 is 12.2 Å². The summed E-state index contributed by atoms with van der Waals surface area (Å²) in [4.78, 5) is 26.0. The van der Waals surface area contributed by atoms with E-state index in [9.17, 15) is 35.6 Å². The first-order chi connectivity index (χ1) is 18.7. The second kappa shape index (κ2) is 10.7. The number of alkyl halides is 3. The van der Waals surface area contributed by atoms with Crippen molar-refractivity contribution >= 4 is 39.0 Å². The smallest absolute Gasteiger partial charge is 0.326 e. The molecule has 0 aliphatic carbocycles. The Morgan fingerprint density at radius 1 is 0.950 bits per heavy atom. The maximum absolute atomic E-state index is 15.2. The quantitative estimate of drug-likeness (QED) is 0.350. The van der Waals surface area contributed by atoms with E-state index in [0.29, 0.717) is 12.1 Å². The summed E-state index contributed by atoms with van der Waals surface area (Å²) in [6, 6.07) is 7.20. The van der Waals surface area contributed by atoms with Gasteiger partial charge in [-0.05, 0) is 42.8 Å². The summed E-state index contributed by atoms with van der Waals surface area (Å²) in [6.45, 7) is -0.125. The topological polar surface area (TPSA) is 108 Å². The normalized spacial score (nSPS) is 15.7. The molecule has 15 heteroatoms. The van der Waals surface area contributed by atoms with Gasteiger partial charge in [0.05, 0.1) is 28.9 Å². The van der Waals surface area contributed by atoms with Crippen LogP contribution >= 0.6 is 0 Å². The third-order valence-corrected chi connectivity index (χ3v) is 6.51. The van der Waals surface area contributed by atoms with Crippen molar-refractivity contribution in [3.05, 3.63) is 77.6 Å². The van der Waals surface area contributed by atoms with Gasteiger partial charge in [0.15, 0.2) is 11.6 Å². The first-order valence-electron chi connectivity index (χ1n) is 11.5. The van der Waals surface area contributed by atoms with E-state index in [2.05, 4.69) is 10.0 Å². The van der Waals surface area contributed by atoms with Crippen LogP contribution in [0, 0.1) is 17.5 Å². The number of halogens is 6. The van der Waals surface area contributed by atoms with Crippen molar-refractivity contribution in [1.82, 2.24) is 5.32 Å². The number of hydrogen-bond acceptors (Lipinski definition) is 4. The largest absolute Gasteiger partial charge is 0.416 e. The predicted octanol–water partition coefficient (Wildman–Crippen LogP) is 5.09. The maximum atomic E-state index is 15.2. The maximum Gasteiger partial charge on any atom is 0.416 e. The predicted molar refractivity (Wildman–Crippen MR) is 135 cm³/mol. The number of para-hydroxylation sites is 1. The number of carbonyl (C=O) groups is 2. The molecule has 3 aromatic rings. The van der Waals surface area contributed by atoms with Crippen molar-refractivity contribution < 1.29 is 44.3 Å². The fourth-order valence-electron chi connectivity index (χ4n) is 4.12. The Balaban J connectivity index is 1.49. The number of nitrogens with one attached hydrogen (secondary N) is 3. The highest BCUT2D eigenvalue weighted by Gasteiger charge is 2.36. The van der Waals surface area contributed by atoms with E-state index in [4.69, 9.17) is 0 Å². The van der Waals surface area contributed by atoms with E-state index >= 15 is 8.78 Å². The summed E-state index contributed by atoms with van der Waals surface area (Å²) < 4.78 is 108. The minimum absolute atomic E-state index is 0.00746. The third-order valence-electron chi connectivity index (χ3n) is 5.92. The fraction of sp³-hybridized carbons (Fsp3) is 0.200. The van der Waals surface area contributed by atoms with Gasteiger partial charge in [-0.25, -0.2) is 26.4 Å². The molecule has 1 saturated heterocycles. The van der Waals surface area contributed by atoms with Crippen molar-refractivity contribution in [1.29, 1.82) is 0 Å². The molecule has 1 atom stereocenters. The zero-order valence-electron chi connectivity index (χ0n) is 20.4. The standard InChI is InChI=1S/C25H20F6N4O4S/c1-40(38,39)34-17-5-3-2-4-14(17)15-7-9-20(22(28)21(15)27)35-11-10-19(23(35)36)33-24(37)32-18-8-6-13(12-16(18)26)25(29,30)31/h2-9,12,19,34H,10-11H2,1H3,(H2,32,33,37)/t19-/m1/s1. The van der Waals surface area contributed by atoms with Crippen LogP contribution in [0.4, 0.5) is 48.2 Å². The number of hydrogen-bond donors (Lipinski definition) is 3. The molecule has 3 N–H and O–H groups in total. The van der Waals surface area contributed by atoms with Gasteiger partial charge in [-0.1, -0.05) is 18.2 Å². The Bertz CT molecular complexity index is 1600. The van der Waals surface area contributed by atoms with Crippen molar-refractivity contribution in [2.45, 2.75) is 18.6 Å². The highest BCUT2D eigenvalue weighted by Crippen LogP contribution is 2.36. The van der Waals surface area contributed by atoms with Crippen molar-refractivity contribution in [3.63, 3.8) is 0 Å². The SMILES string of the molecule is CS(=O)(=O)Nc1ccccc1-c1ccc(N2CC[C@@H](NC(=O)Nc3ccc(C(F)(F)F)cc3F)C2=O)c(F)c1F. The monoisotopic (exact) mass is 586 g/mol. The average molecular weight is 587 g/mol. The molecule has 0 radical (unpaired) electrons. The lowest BCUT2D eigenvalue weighted by molar-refractivity contribution is -0.137. The van der Waals surface area contributed by atoms with Crippen molar-refractivity contribution in [3.8, 4) is 11.1 Å². The molecule has 0 aromatic heterocycles. The summed E-state index contributed by atoms with van der Waals surface area (Å²) >= 11 is 0. The first-order valence-corrected chi connectivity index (χ1v) is 13.4. The van der Waals surface area contributed by atoms with E-state index in [-0.39, 0.29) is 35.8 Å². The Morgan fingerprint density at radius 3 is 2.30 bits per heavy atom. The van der Waals surface area contributed by atoms with Gasteiger partial charge < -0.3 is 15.5 Å². The van der Waals surface area contributed by atoms with Crippen LogP contribution in [0.3, 0.4) is 0 Å².